The van der Waals surface area contributed by atoms with Gasteiger partial charge in [0.1, 0.15) is 0 Å². The zero-order valence-corrected chi connectivity index (χ0v) is 13.4. The van der Waals surface area contributed by atoms with Gasteiger partial charge >= 0.3 is 0 Å². The Kier molecular flexibility index (Phi) is 6.95. The minimum Gasteiger partial charge on any atom is -0.355 e. The Bertz CT molecular complexity index is 423. The van der Waals surface area contributed by atoms with Crippen molar-refractivity contribution in [2.45, 2.75) is 43.0 Å². The van der Waals surface area contributed by atoms with Crippen LogP contribution in [0.2, 0.25) is 0 Å². The van der Waals surface area contributed by atoms with E-state index in [-0.39, 0.29) is 11.2 Å². The normalized spacial score (nSPS) is 16.8. The molecule has 2 rings (SSSR count). The van der Waals surface area contributed by atoms with E-state index in [1.165, 1.54) is 37.7 Å². The maximum absolute atomic E-state index is 12.0. The summed E-state index contributed by atoms with van der Waals surface area (Å²) in [7, 11) is 0. The van der Waals surface area contributed by atoms with Crippen LogP contribution in [0.1, 0.15) is 32.6 Å². The molecule has 1 unspecified atom stereocenters. The molecule has 0 radical (unpaired) electrons. The number of hydrogen-bond donors (Lipinski definition) is 1. The molecule has 1 amide bonds. The van der Waals surface area contributed by atoms with Crippen molar-refractivity contribution >= 4 is 17.7 Å². The molecule has 116 valence electrons. The zero-order valence-electron chi connectivity index (χ0n) is 12.6. The molecule has 0 aromatic carbocycles. The molecule has 5 nitrogen and oxygen atoms in total. The van der Waals surface area contributed by atoms with E-state index in [9.17, 15) is 4.79 Å². The van der Waals surface area contributed by atoms with Gasteiger partial charge in [0.05, 0.1) is 5.25 Å². The van der Waals surface area contributed by atoms with Gasteiger partial charge in [-0.05, 0) is 58.3 Å². The fraction of sp³-hybridized carbons (Fsp3) is 0.667. The van der Waals surface area contributed by atoms with E-state index in [4.69, 9.17) is 0 Å². The number of aromatic nitrogens is 2. The Balaban J connectivity index is 1.56. The lowest BCUT2D eigenvalue weighted by atomic mass is 10.3. The standard InChI is InChI=1S/C15H24N4OS/c1-13(21-15-17-8-6-9-18-15)14(20)16-7-2-3-10-19-11-4-5-12-19/h6,8-9,13H,2-5,7,10-12H2,1H3,(H,16,20). The molecule has 0 aliphatic carbocycles. The number of rotatable bonds is 8. The maximum atomic E-state index is 12.0. The summed E-state index contributed by atoms with van der Waals surface area (Å²) < 4.78 is 0. The number of hydrogen-bond acceptors (Lipinski definition) is 5. The molecule has 1 aromatic rings. The highest BCUT2D eigenvalue weighted by atomic mass is 32.2. The van der Waals surface area contributed by atoms with Crippen LogP contribution in [0.15, 0.2) is 23.6 Å². The van der Waals surface area contributed by atoms with E-state index in [0.29, 0.717) is 5.16 Å². The second-order valence-corrected chi connectivity index (χ2v) is 6.65. The number of likely N-dealkylation sites (tertiary alicyclic amines) is 1. The minimum absolute atomic E-state index is 0.0635. The predicted molar refractivity (Wildman–Crippen MR) is 85.3 cm³/mol. The lowest BCUT2D eigenvalue weighted by molar-refractivity contribution is -0.120. The van der Waals surface area contributed by atoms with Crippen molar-refractivity contribution < 1.29 is 4.79 Å². The third kappa shape index (κ3) is 6.01. The summed E-state index contributed by atoms with van der Waals surface area (Å²) in [5, 5.41) is 3.48. The van der Waals surface area contributed by atoms with Crippen LogP contribution in [0.25, 0.3) is 0 Å². The van der Waals surface area contributed by atoms with E-state index in [0.717, 1.165) is 25.9 Å². The topological polar surface area (TPSA) is 58.1 Å². The van der Waals surface area contributed by atoms with Gasteiger partial charge in [0.15, 0.2) is 5.16 Å². The first-order chi connectivity index (χ1) is 10.3. The SMILES string of the molecule is CC(Sc1ncccn1)C(=O)NCCCCN1CCCC1. The van der Waals surface area contributed by atoms with Gasteiger partial charge < -0.3 is 10.2 Å². The molecular weight excluding hydrogens is 284 g/mol. The fourth-order valence-corrected chi connectivity index (χ4v) is 3.13. The molecule has 1 fully saturated rings. The van der Waals surface area contributed by atoms with Crippen molar-refractivity contribution in [3.63, 3.8) is 0 Å². The molecule has 0 bridgehead atoms. The van der Waals surface area contributed by atoms with Gasteiger partial charge in [-0.1, -0.05) is 11.8 Å². The average molecular weight is 308 g/mol. The third-order valence-electron chi connectivity index (χ3n) is 3.59. The smallest absolute Gasteiger partial charge is 0.233 e. The Morgan fingerprint density at radius 1 is 1.33 bits per heavy atom. The summed E-state index contributed by atoms with van der Waals surface area (Å²) in [6.45, 7) is 6.31. The molecule has 1 aliphatic rings. The molecule has 1 atom stereocenters. The lowest BCUT2D eigenvalue weighted by Gasteiger charge is -2.14. The van der Waals surface area contributed by atoms with E-state index >= 15 is 0 Å². The van der Waals surface area contributed by atoms with Crippen LogP contribution >= 0.6 is 11.8 Å². The summed E-state index contributed by atoms with van der Waals surface area (Å²) in [6.07, 6.45) is 8.27. The number of thioether (sulfide) groups is 1. The van der Waals surface area contributed by atoms with Crippen molar-refractivity contribution in [3.8, 4) is 0 Å². The number of carbonyl (C=O) groups is 1. The largest absolute Gasteiger partial charge is 0.355 e. The molecule has 6 heteroatoms. The molecule has 1 aliphatic heterocycles. The average Bonchev–Trinajstić information content (AvgIpc) is 3.01. The molecule has 1 saturated heterocycles. The van der Waals surface area contributed by atoms with Crippen LogP contribution in [0.3, 0.4) is 0 Å². The Morgan fingerprint density at radius 3 is 2.76 bits per heavy atom. The molecule has 1 aromatic heterocycles. The van der Waals surface area contributed by atoms with Crippen molar-refractivity contribution in [1.29, 1.82) is 0 Å². The van der Waals surface area contributed by atoms with Gasteiger partial charge in [-0.2, -0.15) is 0 Å². The highest BCUT2D eigenvalue weighted by Gasteiger charge is 2.15. The van der Waals surface area contributed by atoms with E-state index in [2.05, 4.69) is 20.2 Å². The van der Waals surface area contributed by atoms with E-state index in [1.807, 2.05) is 6.92 Å². The lowest BCUT2D eigenvalue weighted by Crippen LogP contribution is -2.32. The maximum Gasteiger partial charge on any atom is 0.233 e. The summed E-state index contributed by atoms with van der Waals surface area (Å²) >= 11 is 1.39. The monoisotopic (exact) mass is 308 g/mol. The molecule has 21 heavy (non-hydrogen) atoms. The summed E-state index contributed by atoms with van der Waals surface area (Å²) in [4.78, 5) is 22.7. The quantitative estimate of drug-likeness (QED) is 0.452. The second-order valence-electron chi connectivity index (χ2n) is 5.34. The number of nitrogens with one attached hydrogen (secondary N) is 1. The van der Waals surface area contributed by atoms with Gasteiger partial charge in [-0.25, -0.2) is 9.97 Å². The van der Waals surface area contributed by atoms with Gasteiger partial charge in [-0.15, -0.1) is 0 Å². The van der Waals surface area contributed by atoms with Crippen molar-refractivity contribution in [2.24, 2.45) is 0 Å². The minimum atomic E-state index is -0.161. The van der Waals surface area contributed by atoms with Gasteiger partial charge in [0, 0.05) is 18.9 Å². The summed E-state index contributed by atoms with van der Waals surface area (Å²) in [5.41, 5.74) is 0. The zero-order chi connectivity index (χ0) is 14.9. The first-order valence-corrected chi connectivity index (χ1v) is 8.57. The van der Waals surface area contributed by atoms with Crippen LogP contribution in [0.4, 0.5) is 0 Å². The van der Waals surface area contributed by atoms with Crippen LogP contribution in [0, 0.1) is 0 Å². The second kappa shape index (κ2) is 9.00. The highest BCUT2D eigenvalue weighted by molar-refractivity contribution is 8.00. The number of amides is 1. The molecule has 0 saturated carbocycles. The molecule has 2 heterocycles. The van der Waals surface area contributed by atoms with Crippen LogP contribution < -0.4 is 5.32 Å². The van der Waals surface area contributed by atoms with E-state index in [1.54, 1.807) is 18.5 Å². The Morgan fingerprint density at radius 2 is 2.05 bits per heavy atom. The van der Waals surface area contributed by atoms with Crippen molar-refractivity contribution in [1.82, 2.24) is 20.2 Å². The number of carbonyl (C=O) groups excluding carboxylic acids is 1. The molecule has 0 spiro atoms. The highest BCUT2D eigenvalue weighted by Crippen LogP contribution is 2.18. The fourth-order valence-electron chi connectivity index (χ4n) is 2.38. The first kappa shape index (κ1) is 16.2. The summed E-state index contributed by atoms with van der Waals surface area (Å²) in [6, 6.07) is 1.77. The third-order valence-corrected chi connectivity index (χ3v) is 4.58. The van der Waals surface area contributed by atoms with Crippen LogP contribution in [0.5, 0.6) is 0 Å². The Hall–Kier alpha value is -1.14. The molecular formula is C15H24N4OS. The first-order valence-electron chi connectivity index (χ1n) is 7.69. The predicted octanol–water partition coefficient (Wildman–Crippen LogP) is 1.95. The summed E-state index contributed by atoms with van der Waals surface area (Å²) in [5.74, 6) is 0.0635. The van der Waals surface area contributed by atoms with Crippen molar-refractivity contribution in [3.05, 3.63) is 18.5 Å². The van der Waals surface area contributed by atoms with Crippen LogP contribution in [-0.2, 0) is 4.79 Å². The van der Waals surface area contributed by atoms with E-state index < -0.39 is 0 Å². The Labute approximate surface area is 130 Å². The molecule has 1 N–H and O–H groups in total. The number of nitrogens with zero attached hydrogens (tertiary/aromatic N) is 3. The van der Waals surface area contributed by atoms with Gasteiger partial charge in [0.25, 0.3) is 0 Å². The van der Waals surface area contributed by atoms with Crippen molar-refractivity contribution in [2.75, 3.05) is 26.2 Å². The van der Waals surface area contributed by atoms with Gasteiger partial charge in [0.2, 0.25) is 5.91 Å². The van der Waals surface area contributed by atoms with Crippen LogP contribution in [-0.4, -0.2) is 52.2 Å². The number of unbranched alkanes of at least 4 members (excludes halogenated alkanes) is 1. The van der Waals surface area contributed by atoms with Gasteiger partial charge in [-0.3, -0.25) is 4.79 Å².